The number of nitrogens with zero attached hydrogens (tertiary/aromatic N) is 2. The Morgan fingerprint density at radius 2 is 2.29 bits per heavy atom. The quantitative estimate of drug-likeness (QED) is 0.706. The van der Waals surface area contributed by atoms with Crippen molar-refractivity contribution in [3.05, 3.63) is 29.6 Å². The molecule has 0 aromatic carbocycles. The van der Waals surface area contributed by atoms with Crippen LogP contribution >= 0.6 is 0 Å². The predicted octanol–water partition coefficient (Wildman–Crippen LogP) is 1.78. The molecular weight excluding hydrogens is 216 g/mol. The number of aryl methyl sites for hydroxylation is 1. The Balaban J connectivity index is 2.32. The average molecular weight is 236 g/mol. The standard InChI is InChI=1S/C13H20N2O2/c1-11-6-4-8-14-12(11)10-15(2)9-5-7-13(16)17-3/h4,6,8H,5,7,9-10H2,1-3H3. The van der Waals surface area contributed by atoms with Crippen LogP contribution < -0.4 is 0 Å². The van der Waals surface area contributed by atoms with Crippen molar-refractivity contribution in [1.82, 2.24) is 9.88 Å². The van der Waals surface area contributed by atoms with Crippen molar-refractivity contribution in [1.29, 1.82) is 0 Å². The fraction of sp³-hybridized carbons (Fsp3) is 0.538. The van der Waals surface area contributed by atoms with Crippen molar-refractivity contribution in [3.63, 3.8) is 0 Å². The molecule has 0 aliphatic heterocycles. The number of carbonyl (C=O) groups is 1. The molecule has 0 saturated heterocycles. The molecule has 0 unspecified atom stereocenters. The largest absolute Gasteiger partial charge is 0.469 e. The zero-order valence-corrected chi connectivity index (χ0v) is 10.8. The minimum atomic E-state index is -0.146. The molecular formula is C13H20N2O2. The minimum Gasteiger partial charge on any atom is -0.469 e. The Kier molecular flexibility index (Phi) is 5.63. The maximum atomic E-state index is 11.0. The van der Waals surface area contributed by atoms with Gasteiger partial charge in [0.2, 0.25) is 0 Å². The molecule has 0 fully saturated rings. The fourth-order valence-corrected chi connectivity index (χ4v) is 1.61. The van der Waals surface area contributed by atoms with Crippen LogP contribution in [0.15, 0.2) is 18.3 Å². The van der Waals surface area contributed by atoms with Gasteiger partial charge in [0, 0.05) is 19.2 Å². The highest BCUT2D eigenvalue weighted by atomic mass is 16.5. The lowest BCUT2D eigenvalue weighted by Crippen LogP contribution is -2.21. The van der Waals surface area contributed by atoms with Crippen LogP contribution in [0.2, 0.25) is 0 Å². The summed E-state index contributed by atoms with van der Waals surface area (Å²) in [7, 11) is 3.45. The van der Waals surface area contributed by atoms with E-state index in [1.165, 1.54) is 12.7 Å². The lowest BCUT2D eigenvalue weighted by molar-refractivity contribution is -0.140. The van der Waals surface area contributed by atoms with Gasteiger partial charge in [-0.3, -0.25) is 9.78 Å². The van der Waals surface area contributed by atoms with Crippen LogP contribution in [-0.4, -0.2) is 36.6 Å². The SMILES string of the molecule is COC(=O)CCCN(C)Cc1ncccc1C. The maximum Gasteiger partial charge on any atom is 0.305 e. The normalized spacial score (nSPS) is 10.6. The van der Waals surface area contributed by atoms with Gasteiger partial charge in [0.1, 0.15) is 0 Å². The first kappa shape index (κ1) is 13.6. The number of methoxy groups -OCH3 is 1. The van der Waals surface area contributed by atoms with Crippen molar-refractivity contribution in [2.24, 2.45) is 0 Å². The summed E-state index contributed by atoms with van der Waals surface area (Å²) in [5.74, 6) is -0.146. The second-order valence-corrected chi connectivity index (χ2v) is 4.18. The molecule has 1 aromatic rings. The molecule has 0 aliphatic rings. The monoisotopic (exact) mass is 236 g/mol. The molecule has 0 aliphatic carbocycles. The van der Waals surface area contributed by atoms with Gasteiger partial charge in [-0.25, -0.2) is 0 Å². The molecule has 1 heterocycles. The molecule has 0 bridgehead atoms. The molecule has 0 atom stereocenters. The average Bonchev–Trinajstić information content (AvgIpc) is 2.32. The molecule has 1 aromatic heterocycles. The maximum absolute atomic E-state index is 11.0. The zero-order chi connectivity index (χ0) is 12.7. The van der Waals surface area contributed by atoms with E-state index in [1.807, 2.05) is 19.3 Å². The van der Waals surface area contributed by atoms with E-state index in [1.54, 1.807) is 0 Å². The lowest BCUT2D eigenvalue weighted by atomic mass is 10.2. The number of pyridine rings is 1. The lowest BCUT2D eigenvalue weighted by Gasteiger charge is -2.16. The van der Waals surface area contributed by atoms with Crippen LogP contribution in [-0.2, 0) is 16.1 Å². The van der Waals surface area contributed by atoms with Crippen molar-refractivity contribution < 1.29 is 9.53 Å². The molecule has 4 nitrogen and oxygen atoms in total. The first-order valence-electron chi connectivity index (χ1n) is 5.79. The van der Waals surface area contributed by atoms with Crippen LogP contribution in [0.3, 0.4) is 0 Å². The molecule has 0 N–H and O–H groups in total. The van der Waals surface area contributed by atoms with E-state index < -0.39 is 0 Å². The van der Waals surface area contributed by atoms with Crippen molar-refractivity contribution in [3.8, 4) is 0 Å². The smallest absolute Gasteiger partial charge is 0.305 e. The second-order valence-electron chi connectivity index (χ2n) is 4.18. The highest BCUT2D eigenvalue weighted by molar-refractivity contribution is 5.69. The van der Waals surface area contributed by atoms with Gasteiger partial charge >= 0.3 is 5.97 Å². The van der Waals surface area contributed by atoms with Gasteiger partial charge in [0.05, 0.1) is 12.8 Å². The minimum absolute atomic E-state index is 0.146. The number of aromatic nitrogens is 1. The van der Waals surface area contributed by atoms with Crippen LogP contribution in [0.1, 0.15) is 24.1 Å². The van der Waals surface area contributed by atoms with Crippen LogP contribution in [0, 0.1) is 6.92 Å². The Morgan fingerprint density at radius 1 is 1.53 bits per heavy atom. The van der Waals surface area contributed by atoms with E-state index in [0.29, 0.717) is 6.42 Å². The number of hydrogen-bond acceptors (Lipinski definition) is 4. The Labute approximate surface area is 103 Å². The fourth-order valence-electron chi connectivity index (χ4n) is 1.61. The number of rotatable bonds is 6. The summed E-state index contributed by atoms with van der Waals surface area (Å²) in [5, 5.41) is 0. The molecule has 1 rings (SSSR count). The van der Waals surface area contributed by atoms with E-state index in [-0.39, 0.29) is 5.97 Å². The van der Waals surface area contributed by atoms with E-state index in [2.05, 4.69) is 27.6 Å². The second kappa shape index (κ2) is 7.01. The third-order valence-corrected chi connectivity index (χ3v) is 2.69. The molecule has 0 saturated carbocycles. The van der Waals surface area contributed by atoms with Crippen molar-refractivity contribution in [2.45, 2.75) is 26.3 Å². The van der Waals surface area contributed by atoms with Gasteiger partial charge < -0.3 is 9.64 Å². The predicted molar refractivity (Wildman–Crippen MR) is 66.6 cm³/mol. The summed E-state index contributed by atoms with van der Waals surface area (Å²) in [6, 6.07) is 4.00. The zero-order valence-electron chi connectivity index (χ0n) is 10.8. The van der Waals surface area contributed by atoms with Gasteiger partial charge in [-0.05, 0) is 38.6 Å². The summed E-state index contributed by atoms with van der Waals surface area (Å²) in [6.07, 6.45) is 3.10. The van der Waals surface area contributed by atoms with E-state index in [9.17, 15) is 4.79 Å². The topological polar surface area (TPSA) is 42.4 Å². The van der Waals surface area contributed by atoms with Gasteiger partial charge in [0.25, 0.3) is 0 Å². The van der Waals surface area contributed by atoms with E-state index >= 15 is 0 Å². The molecule has 4 heteroatoms. The highest BCUT2D eigenvalue weighted by Crippen LogP contribution is 2.06. The van der Waals surface area contributed by atoms with Gasteiger partial charge in [0.15, 0.2) is 0 Å². The number of ether oxygens (including phenoxy) is 1. The molecule has 0 radical (unpaired) electrons. The number of hydrogen-bond donors (Lipinski definition) is 0. The third-order valence-electron chi connectivity index (χ3n) is 2.69. The Hall–Kier alpha value is -1.42. The van der Waals surface area contributed by atoms with E-state index in [4.69, 9.17) is 0 Å². The summed E-state index contributed by atoms with van der Waals surface area (Å²) >= 11 is 0. The first-order chi connectivity index (χ1) is 8.13. The summed E-state index contributed by atoms with van der Waals surface area (Å²) in [6.45, 7) is 3.74. The summed E-state index contributed by atoms with van der Waals surface area (Å²) < 4.78 is 4.60. The first-order valence-corrected chi connectivity index (χ1v) is 5.79. The summed E-state index contributed by atoms with van der Waals surface area (Å²) in [4.78, 5) is 17.5. The number of esters is 1. The van der Waals surface area contributed by atoms with Crippen molar-refractivity contribution >= 4 is 5.97 Å². The molecule has 0 amide bonds. The van der Waals surface area contributed by atoms with Gasteiger partial charge in [-0.2, -0.15) is 0 Å². The van der Waals surface area contributed by atoms with Crippen LogP contribution in [0.25, 0.3) is 0 Å². The van der Waals surface area contributed by atoms with Gasteiger partial charge in [-0.1, -0.05) is 6.07 Å². The van der Waals surface area contributed by atoms with Crippen LogP contribution in [0.5, 0.6) is 0 Å². The summed E-state index contributed by atoms with van der Waals surface area (Å²) in [5.41, 5.74) is 2.29. The highest BCUT2D eigenvalue weighted by Gasteiger charge is 2.05. The van der Waals surface area contributed by atoms with Gasteiger partial charge in [-0.15, -0.1) is 0 Å². The number of carbonyl (C=O) groups excluding carboxylic acids is 1. The Morgan fingerprint density at radius 3 is 2.94 bits per heavy atom. The Bertz CT molecular complexity index is 366. The third kappa shape index (κ3) is 4.95. The van der Waals surface area contributed by atoms with E-state index in [0.717, 1.165) is 25.2 Å². The molecule has 0 spiro atoms. The molecule has 94 valence electrons. The van der Waals surface area contributed by atoms with Crippen LogP contribution in [0.4, 0.5) is 0 Å². The van der Waals surface area contributed by atoms with Crippen molar-refractivity contribution in [2.75, 3.05) is 20.7 Å². The molecule has 17 heavy (non-hydrogen) atoms.